The highest BCUT2D eigenvalue weighted by Gasteiger charge is 2.19. The van der Waals surface area contributed by atoms with Crippen molar-refractivity contribution in [2.75, 3.05) is 7.11 Å². The lowest BCUT2D eigenvalue weighted by molar-refractivity contribution is 0.390. The van der Waals surface area contributed by atoms with E-state index in [1.807, 2.05) is 39.0 Å². The Kier molecular flexibility index (Phi) is 3.85. The lowest BCUT2D eigenvalue weighted by Crippen LogP contribution is -2.16. The van der Waals surface area contributed by atoms with Crippen LogP contribution in [-0.2, 0) is 0 Å². The van der Waals surface area contributed by atoms with Gasteiger partial charge in [0.2, 0.25) is 5.89 Å². The zero-order valence-electron chi connectivity index (χ0n) is 11.7. The maximum atomic E-state index is 6.00. The third kappa shape index (κ3) is 2.76. The minimum Gasteiger partial charge on any atom is -0.496 e. The summed E-state index contributed by atoms with van der Waals surface area (Å²) in [6, 6.07) is 5.57. The summed E-state index contributed by atoms with van der Waals surface area (Å²) < 4.78 is 11.0. The van der Waals surface area contributed by atoms with Crippen LogP contribution < -0.4 is 10.5 Å². The van der Waals surface area contributed by atoms with Crippen LogP contribution in [0.2, 0.25) is 0 Å². The van der Waals surface area contributed by atoms with Crippen molar-refractivity contribution in [3.05, 3.63) is 29.7 Å². The van der Waals surface area contributed by atoms with Gasteiger partial charge >= 0.3 is 0 Å². The molecule has 102 valence electrons. The van der Waals surface area contributed by atoms with Crippen LogP contribution in [0.25, 0.3) is 11.5 Å². The van der Waals surface area contributed by atoms with Crippen molar-refractivity contribution in [1.82, 2.24) is 10.2 Å². The summed E-state index contributed by atoms with van der Waals surface area (Å²) in [6.45, 7) is 6.03. The number of hydrogen-bond acceptors (Lipinski definition) is 5. The molecule has 19 heavy (non-hydrogen) atoms. The molecular weight excluding hydrogens is 242 g/mol. The van der Waals surface area contributed by atoms with E-state index in [9.17, 15) is 0 Å². The normalized spacial score (nSPS) is 12.7. The molecule has 1 aromatic carbocycles. The molecule has 5 nitrogen and oxygen atoms in total. The molecule has 0 fully saturated rings. The number of aromatic nitrogens is 2. The zero-order chi connectivity index (χ0) is 14.0. The predicted molar refractivity (Wildman–Crippen MR) is 72.8 cm³/mol. The Balaban J connectivity index is 2.38. The van der Waals surface area contributed by atoms with Gasteiger partial charge < -0.3 is 14.9 Å². The van der Waals surface area contributed by atoms with Crippen molar-refractivity contribution in [1.29, 1.82) is 0 Å². The smallest absolute Gasteiger partial charge is 0.251 e. The maximum absolute atomic E-state index is 6.00. The number of methoxy groups -OCH3 is 1. The minimum absolute atomic E-state index is 0.244. The van der Waals surface area contributed by atoms with E-state index in [2.05, 4.69) is 10.2 Å². The Morgan fingerprint density at radius 2 is 2.00 bits per heavy atom. The van der Waals surface area contributed by atoms with Crippen molar-refractivity contribution < 1.29 is 9.15 Å². The molecule has 1 aromatic heterocycles. The maximum Gasteiger partial charge on any atom is 0.251 e. The molecule has 0 aliphatic carbocycles. The Bertz CT molecular complexity index is 564. The lowest BCUT2D eigenvalue weighted by Gasteiger charge is -2.10. The molecule has 0 aliphatic heterocycles. The summed E-state index contributed by atoms with van der Waals surface area (Å²) in [4.78, 5) is 0. The summed E-state index contributed by atoms with van der Waals surface area (Å²) in [5.74, 6) is 1.84. The van der Waals surface area contributed by atoms with E-state index in [1.54, 1.807) is 7.11 Å². The van der Waals surface area contributed by atoms with Gasteiger partial charge in [0.15, 0.2) is 0 Å². The van der Waals surface area contributed by atoms with Gasteiger partial charge in [-0.15, -0.1) is 10.2 Å². The van der Waals surface area contributed by atoms with Crippen LogP contribution in [0.3, 0.4) is 0 Å². The quantitative estimate of drug-likeness (QED) is 0.915. The number of hydrogen-bond donors (Lipinski definition) is 1. The topological polar surface area (TPSA) is 74.2 Å². The summed E-state index contributed by atoms with van der Waals surface area (Å²) in [5, 5.41) is 8.07. The number of benzene rings is 1. The second-order valence-corrected chi connectivity index (χ2v) is 4.92. The molecule has 0 amide bonds. The molecule has 2 rings (SSSR count). The molecule has 1 unspecified atom stereocenters. The van der Waals surface area contributed by atoms with Crippen LogP contribution >= 0.6 is 0 Å². The first-order chi connectivity index (χ1) is 9.02. The Labute approximate surface area is 112 Å². The van der Waals surface area contributed by atoms with Gasteiger partial charge in [-0.2, -0.15) is 0 Å². The molecular formula is C14H19N3O2. The van der Waals surface area contributed by atoms with Crippen LogP contribution in [0.4, 0.5) is 0 Å². The third-order valence-electron chi connectivity index (χ3n) is 3.03. The molecule has 0 spiro atoms. The molecule has 2 aromatic rings. The Hall–Kier alpha value is -1.88. The highest BCUT2D eigenvalue weighted by Crippen LogP contribution is 2.31. The zero-order valence-corrected chi connectivity index (χ0v) is 11.7. The van der Waals surface area contributed by atoms with Crippen LogP contribution in [0, 0.1) is 12.8 Å². The Morgan fingerprint density at radius 1 is 1.26 bits per heavy atom. The fraction of sp³-hybridized carbons (Fsp3) is 0.429. The summed E-state index contributed by atoms with van der Waals surface area (Å²) in [5.41, 5.74) is 7.89. The SMILES string of the molecule is COc1cc(C)ccc1-c1nnc(C(N)C(C)C)o1. The summed E-state index contributed by atoms with van der Waals surface area (Å²) >= 11 is 0. The second-order valence-electron chi connectivity index (χ2n) is 4.92. The van der Waals surface area contributed by atoms with Crippen LogP contribution in [0.15, 0.2) is 22.6 Å². The number of rotatable bonds is 4. The van der Waals surface area contributed by atoms with Crippen molar-refractivity contribution in [3.8, 4) is 17.2 Å². The van der Waals surface area contributed by atoms with Crippen LogP contribution in [-0.4, -0.2) is 17.3 Å². The molecule has 0 saturated heterocycles. The van der Waals surface area contributed by atoms with E-state index in [0.717, 1.165) is 11.1 Å². The van der Waals surface area contributed by atoms with Gasteiger partial charge in [0.05, 0.1) is 18.7 Å². The van der Waals surface area contributed by atoms with E-state index < -0.39 is 0 Å². The van der Waals surface area contributed by atoms with E-state index in [-0.39, 0.29) is 12.0 Å². The van der Waals surface area contributed by atoms with Gasteiger partial charge in [0.1, 0.15) is 5.75 Å². The van der Waals surface area contributed by atoms with Crippen LogP contribution in [0.5, 0.6) is 5.75 Å². The largest absolute Gasteiger partial charge is 0.496 e. The van der Waals surface area contributed by atoms with E-state index in [0.29, 0.717) is 17.5 Å². The van der Waals surface area contributed by atoms with Crippen molar-refractivity contribution in [2.24, 2.45) is 11.7 Å². The third-order valence-corrected chi connectivity index (χ3v) is 3.03. The number of aryl methyl sites for hydroxylation is 1. The highest BCUT2D eigenvalue weighted by atomic mass is 16.5. The summed E-state index contributed by atoms with van der Waals surface area (Å²) in [7, 11) is 1.62. The fourth-order valence-electron chi connectivity index (χ4n) is 1.74. The first kappa shape index (κ1) is 13.5. The lowest BCUT2D eigenvalue weighted by atomic mass is 10.1. The average molecular weight is 261 g/mol. The molecule has 0 aliphatic rings. The van der Waals surface area contributed by atoms with Gasteiger partial charge in [-0.05, 0) is 30.5 Å². The molecule has 0 radical (unpaired) electrons. The molecule has 5 heteroatoms. The molecule has 0 bridgehead atoms. The van der Waals surface area contributed by atoms with Gasteiger partial charge in [-0.25, -0.2) is 0 Å². The summed E-state index contributed by atoms with van der Waals surface area (Å²) in [6.07, 6.45) is 0. The predicted octanol–water partition coefficient (Wildman–Crippen LogP) is 2.71. The number of nitrogens with two attached hydrogens (primary N) is 1. The van der Waals surface area contributed by atoms with Crippen molar-refractivity contribution in [3.63, 3.8) is 0 Å². The number of ether oxygens (including phenoxy) is 1. The fourth-order valence-corrected chi connectivity index (χ4v) is 1.74. The number of nitrogens with zero attached hydrogens (tertiary/aromatic N) is 2. The standard InChI is InChI=1S/C14H19N3O2/c1-8(2)12(15)14-17-16-13(19-14)10-6-5-9(3)7-11(10)18-4/h5-8,12H,15H2,1-4H3. The van der Waals surface area contributed by atoms with Crippen LogP contribution in [0.1, 0.15) is 31.3 Å². The van der Waals surface area contributed by atoms with Crippen molar-refractivity contribution >= 4 is 0 Å². The molecule has 2 N–H and O–H groups in total. The van der Waals surface area contributed by atoms with Gasteiger partial charge in [0.25, 0.3) is 5.89 Å². The van der Waals surface area contributed by atoms with Gasteiger partial charge in [-0.3, -0.25) is 0 Å². The van der Waals surface area contributed by atoms with Gasteiger partial charge in [-0.1, -0.05) is 19.9 Å². The second kappa shape index (κ2) is 5.40. The first-order valence-electron chi connectivity index (χ1n) is 6.27. The van der Waals surface area contributed by atoms with E-state index >= 15 is 0 Å². The first-order valence-corrected chi connectivity index (χ1v) is 6.27. The monoisotopic (exact) mass is 261 g/mol. The molecule has 0 saturated carbocycles. The Morgan fingerprint density at radius 3 is 2.63 bits per heavy atom. The van der Waals surface area contributed by atoms with Gasteiger partial charge in [0, 0.05) is 0 Å². The minimum atomic E-state index is -0.252. The van der Waals surface area contributed by atoms with E-state index in [1.165, 1.54) is 0 Å². The molecule has 1 atom stereocenters. The van der Waals surface area contributed by atoms with Crippen molar-refractivity contribution in [2.45, 2.75) is 26.8 Å². The highest BCUT2D eigenvalue weighted by molar-refractivity contribution is 5.63. The van der Waals surface area contributed by atoms with E-state index in [4.69, 9.17) is 14.9 Å². The molecule has 1 heterocycles. The average Bonchev–Trinajstić information content (AvgIpc) is 2.86.